The zero-order valence-electron chi connectivity index (χ0n) is 16.4. The standard InChI is InChI=1S/C20H22BrN3O4S2/c1-12-4-3-5-16(13(12)2)23-18(25)11-29-20-22-10-17(19(26)24-20)30(27,28)15-8-6-14(21)7-9-15/h3-9,17,20,22H,10-11H2,1-2H3,(H,23,25)(H,24,26). The predicted octanol–water partition coefficient (Wildman–Crippen LogP) is 2.58. The van der Waals surface area contributed by atoms with Gasteiger partial charge in [0, 0.05) is 16.7 Å². The van der Waals surface area contributed by atoms with E-state index in [-0.39, 0.29) is 23.1 Å². The Morgan fingerprint density at radius 3 is 2.57 bits per heavy atom. The monoisotopic (exact) mass is 511 g/mol. The molecular weight excluding hydrogens is 490 g/mol. The number of thioether (sulfide) groups is 1. The summed E-state index contributed by atoms with van der Waals surface area (Å²) in [5, 5.41) is 7.27. The molecule has 3 N–H and O–H groups in total. The number of rotatable bonds is 6. The molecule has 10 heteroatoms. The Hall–Kier alpha value is -1.88. The van der Waals surface area contributed by atoms with Gasteiger partial charge < -0.3 is 10.6 Å². The van der Waals surface area contributed by atoms with Gasteiger partial charge in [-0.1, -0.05) is 28.1 Å². The van der Waals surface area contributed by atoms with Crippen molar-refractivity contribution in [3.8, 4) is 0 Å². The number of benzene rings is 2. The van der Waals surface area contributed by atoms with Crippen molar-refractivity contribution in [2.45, 2.75) is 29.5 Å². The highest BCUT2D eigenvalue weighted by Gasteiger charge is 2.38. The minimum atomic E-state index is -3.82. The highest BCUT2D eigenvalue weighted by molar-refractivity contribution is 9.10. The molecule has 2 aromatic carbocycles. The summed E-state index contributed by atoms with van der Waals surface area (Å²) >= 11 is 4.46. The number of amides is 2. The van der Waals surface area contributed by atoms with Crippen molar-refractivity contribution in [2.24, 2.45) is 0 Å². The molecule has 2 aromatic rings. The lowest BCUT2D eigenvalue weighted by atomic mass is 10.1. The molecule has 30 heavy (non-hydrogen) atoms. The maximum Gasteiger partial charge on any atom is 0.241 e. The van der Waals surface area contributed by atoms with Gasteiger partial charge in [0.15, 0.2) is 15.1 Å². The molecule has 0 aliphatic carbocycles. The number of hydrogen-bond acceptors (Lipinski definition) is 6. The lowest BCUT2D eigenvalue weighted by molar-refractivity contribution is -0.122. The summed E-state index contributed by atoms with van der Waals surface area (Å²) in [7, 11) is -3.82. The second-order valence-corrected chi connectivity index (χ2v) is 11.0. The third-order valence-electron chi connectivity index (χ3n) is 4.83. The molecule has 0 bridgehead atoms. The lowest BCUT2D eigenvalue weighted by Crippen LogP contribution is -2.59. The highest BCUT2D eigenvalue weighted by atomic mass is 79.9. The number of carbonyl (C=O) groups excluding carboxylic acids is 2. The quantitative estimate of drug-likeness (QED) is 0.550. The van der Waals surface area contributed by atoms with Crippen molar-refractivity contribution in [1.82, 2.24) is 10.6 Å². The largest absolute Gasteiger partial charge is 0.331 e. The molecular formula is C20H22BrN3O4S2. The van der Waals surface area contributed by atoms with Crippen molar-refractivity contribution >= 4 is 55.0 Å². The smallest absolute Gasteiger partial charge is 0.241 e. The Labute approximate surface area is 188 Å². The molecule has 2 atom stereocenters. The van der Waals surface area contributed by atoms with Crippen LogP contribution >= 0.6 is 27.7 Å². The van der Waals surface area contributed by atoms with Crippen molar-refractivity contribution in [3.05, 3.63) is 58.1 Å². The summed E-state index contributed by atoms with van der Waals surface area (Å²) in [6.45, 7) is 3.88. The van der Waals surface area contributed by atoms with Gasteiger partial charge in [-0.3, -0.25) is 14.9 Å². The number of nitrogens with one attached hydrogen (secondary N) is 3. The zero-order chi connectivity index (χ0) is 21.9. The second-order valence-electron chi connectivity index (χ2n) is 6.89. The summed E-state index contributed by atoms with van der Waals surface area (Å²) in [5.41, 5.74) is 2.29. The Kier molecular flexibility index (Phi) is 7.22. The molecule has 160 valence electrons. The van der Waals surface area contributed by atoms with Crippen LogP contribution < -0.4 is 16.0 Å². The van der Waals surface area contributed by atoms with E-state index >= 15 is 0 Å². The number of hydrogen-bond donors (Lipinski definition) is 3. The molecule has 1 fully saturated rings. The van der Waals surface area contributed by atoms with E-state index in [1.807, 2.05) is 32.0 Å². The van der Waals surface area contributed by atoms with E-state index in [9.17, 15) is 18.0 Å². The van der Waals surface area contributed by atoms with E-state index in [1.54, 1.807) is 12.1 Å². The van der Waals surface area contributed by atoms with Crippen molar-refractivity contribution in [1.29, 1.82) is 0 Å². The Balaban J connectivity index is 1.55. The van der Waals surface area contributed by atoms with E-state index in [2.05, 4.69) is 31.9 Å². The van der Waals surface area contributed by atoms with Crippen molar-refractivity contribution < 1.29 is 18.0 Å². The van der Waals surface area contributed by atoms with Crippen LogP contribution in [-0.2, 0) is 19.4 Å². The molecule has 0 saturated carbocycles. The number of anilines is 1. The van der Waals surface area contributed by atoms with Gasteiger partial charge >= 0.3 is 0 Å². The molecule has 3 rings (SSSR count). The first kappa shape index (κ1) is 22.8. The number of sulfone groups is 1. The van der Waals surface area contributed by atoms with Crippen molar-refractivity contribution in [2.75, 3.05) is 17.6 Å². The summed E-state index contributed by atoms with van der Waals surface area (Å²) in [4.78, 5) is 24.8. The maximum atomic E-state index is 12.8. The van der Waals surface area contributed by atoms with Gasteiger partial charge in [0.2, 0.25) is 11.8 Å². The molecule has 2 unspecified atom stereocenters. The summed E-state index contributed by atoms with van der Waals surface area (Å²) in [6.07, 6.45) is 0. The first-order valence-corrected chi connectivity index (χ1v) is 12.6. The molecule has 7 nitrogen and oxygen atoms in total. The lowest BCUT2D eigenvalue weighted by Gasteiger charge is -2.29. The van der Waals surface area contributed by atoms with Gasteiger partial charge in [0.1, 0.15) is 5.50 Å². The Morgan fingerprint density at radius 2 is 1.90 bits per heavy atom. The number of halogens is 1. The van der Waals surface area contributed by atoms with Gasteiger partial charge in [-0.25, -0.2) is 8.42 Å². The third-order valence-corrected chi connectivity index (χ3v) is 8.47. The topological polar surface area (TPSA) is 104 Å². The first-order chi connectivity index (χ1) is 14.2. The summed E-state index contributed by atoms with van der Waals surface area (Å²) in [5.74, 6) is -0.673. The fourth-order valence-corrected chi connectivity index (χ4v) is 5.53. The Morgan fingerprint density at radius 1 is 1.20 bits per heavy atom. The zero-order valence-corrected chi connectivity index (χ0v) is 19.7. The average Bonchev–Trinajstić information content (AvgIpc) is 2.70. The maximum absolute atomic E-state index is 12.8. The van der Waals surface area contributed by atoms with Crippen LogP contribution in [0.3, 0.4) is 0 Å². The summed E-state index contributed by atoms with van der Waals surface area (Å²) in [6, 6.07) is 11.8. The van der Waals surface area contributed by atoms with Crippen LogP contribution in [0.4, 0.5) is 5.69 Å². The van der Waals surface area contributed by atoms with Crippen LogP contribution in [0.1, 0.15) is 11.1 Å². The van der Waals surface area contributed by atoms with Gasteiger partial charge in [0.25, 0.3) is 0 Å². The van der Waals surface area contributed by atoms with Gasteiger partial charge in [-0.05, 0) is 55.3 Å². The fourth-order valence-electron chi connectivity index (χ4n) is 2.95. The van der Waals surface area contributed by atoms with Gasteiger partial charge in [-0.2, -0.15) is 0 Å². The SMILES string of the molecule is Cc1cccc(NC(=O)CSC2NCC(S(=O)(=O)c3ccc(Br)cc3)C(=O)N2)c1C. The molecule has 0 radical (unpaired) electrons. The Bertz CT molecular complexity index is 1060. The molecule has 0 aromatic heterocycles. The minimum Gasteiger partial charge on any atom is -0.331 e. The fraction of sp³-hybridized carbons (Fsp3) is 0.300. The van der Waals surface area contributed by atoms with E-state index < -0.39 is 26.5 Å². The van der Waals surface area contributed by atoms with E-state index in [0.717, 1.165) is 21.3 Å². The van der Waals surface area contributed by atoms with Crippen LogP contribution in [0.2, 0.25) is 0 Å². The predicted molar refractivity (Wildman–Crippen MR) is 122 cm³/mol. The van der Waals surface area contributed by atoms with E-state index in [0.29, 0.717) is 0 Å². The first-order valence-electron chi connectivity index (χ1n) is 9.19. The van der Waals surface area contributed by atoms with Crippen LogP contribution in [0.15, 0.2) is 51.8 Å². The van der Waals surface area contributed by atoms with Gasteiger partial charge in [0.05, 0.1) is 10.6 Å². The number of carbonyl (C=O) groups is 2. The third kappa shape index (κ3) is 5.23. The molecule has 1 saturated heterocycles. The van der Waals surface area contributed by atoms with Crippen LogP contribution in [-0.4, -0.2) is 43.3 Å². The molecule has 1 aliphatic rings. The molecule has 1 heterocycles. The molecule has 0 spiro atoms. The van der Waals surface area contributed by atoms with Crippen molar-refractivity contribution in [3.63, 3.8) is 0 Å². The van der Waals surface area contributed by atoms with E-state index in [1.165, 1.54) is 23.9 Å². The van der Waals surface area contributed by atoms with Crippen LogP contribution in [0.25, 0.3) is 0 Å². The summed E-state index contributed by atoms with van der Waals surface area (Å²) < 4.78 is 26.3. The normalized spacial score (nSPS) is 19.2. The molecule has 1 aliphatic heterocycles. The average molecular weight is 512 g/mol. The second kappa shape index (κ2) is 9.51. The number of aryl methyl sites for hydroxylation is 1. The van der Waals surface area contributed by atoms with E-state index in [4.69, 9.17) is 0 Å². The van der Waals surface area contributed by atoms with Crippen LogP contribution in [0.5, 0.6) is 0 Å². The molecule has 2 amide bonds. The van der Waals surface area contributed by atoms with Gasteiger partial charge in [-0.15, -0.1) is 11.8 Å². The highest BCUT2D eigenvalue weighted by Crippen LogP contribution is 2.22. The minimum absolute atomic E-state index is 0.0273. The van der Waals surface area contributed by atoms with Crippen LogP contribution in [0, 0.1) is 13.8 Å².